The molecule has 1 atom stereocenters. The van der Waals surface area contributed by atoms with Gasteiger partial charge < -0.3 is 4.90 Å². The fourth-order valence-corrected chi connectivity index (χ4v) is 3.58. The maximum absolute atomic E-state index is 12.4. The smallest absolute Gasteiger partial charge is 0.308 e. The van der Waals surface area contributed by atoms with E-state index < -0.39 is 0 Å². The molecule has 7 nitrogen and oxygen atoms in total. The molecule has 2 aromatic heterocycles. The molecule has 1 aliphatic heterocycles. The number of amides is 1. The summed E-state index contributed by atoms with van der Waals surface area (Å²) in [6.07, 6.45) is 0.861. The largest absolute Gasteiger partial charge is 0.340 e. The molecular formula is C14H19N5O2S. The second kappa shape index (κ2) is 5.68. The number of thiazole rings is 1. The molecule has 22 heavy (non-hydrogen) atoms. The second-order valence-electron chi connectivity index (χ2n) is 5.70. The Kier molecular flexibility index (Phi) is 3.86. The van der Waals surface area contributed by atoms with Crippen LogP contribution in [0.2, 0.25) is 0 Å². The van der Waals surface area contributed by atoms with Crippen molar-refractivity contribution in [2.45, 2.75) is 39.7 Å². The minimum atomic E-state index is -0.0660. The van der Waals surface area contributed by atoms with E-state index >= 15 is 0 Å². The molecule has 0 radical (unpaired) electrons. The van der Waals surface area contributed by atoms with Gasteiger partial charge in [0.15, 0.2) is 5.82 Å². The molecule has 0 spiro atoms. The molecule has 1 amide bonds. The molecule has 8 heteroatoms. The van der Waals surface area contributed by atoms with Gasteiger partial charge in [0.1, 0.15) is 12.4 Å². The Bertz CT molecular complexity index is 760. The minimum Gasteiger partial charge on any atom is -0.340 e. The van der Waals surface area contributed by atoms with E-state index in [0.29, 0.717) is 13.1 Å². The number of hydrogen-bond donors (Lipinski definition) is 1. The lowest BCUT2D eigenvalue weighted by atomic mass is 10.1. The fourth-order valence-electron chi connectivity index (χ4n) is 2.75. The van der Waals surface area contributed by atoms with Crippen molar-refractivity contribution in [2.75, 3.05) is 13.1 Å². The maximum atomic E-state index is 12.4. The van der Waals surface area contributed by atoms with Gasteiger partial charge in [0.2, 0.25) is 5.91 Å². The summed E-state index contributed by atoms with van der Waals surface area (Å²) in [6.45, 7) is 7.07. The summed E-state index contributed by atoms with van der Waals surface area (Å²) in [5, 5.41) is 7.02. The van der Waals surface area contributed by atoms with Crippen LogP contribution in [0, 0.1) is 20.8 Å². The molecule has 2 aromatic rings. The third-order valence-corrected chi connectivity index (χ3v) is 5.19. The molecule has 0 aliphatic carbocycles. The molecule has 3 heterocycles. The third-order valence-electron chi connectivity index (χ3n) is 4.19. The lowest BCUT2D eigenvalue weighted by Gasteiger charge is -2.16. The van der Waals surface area contributed by atoms with Crippen molar-refractivity contribution in [3.8, 4) is 0 Å². The van der Waals surface area contributed by atoms with Crippen molar-refractivity contribution < 1.29 is 4.79 Å². The van der Waals surface area contributed by atoms with Gasteiger partial charge in [-0.1, -0.05) is 11.3 Å². The van der Waals surface area contributed by atoms with Crippen LogP contribution in [0.15, 0.2) is 4.79 Å². The molecule has 0 saturated carbocycles. The van der Waals surface area contributed by atoms with Gasteiger partial charge in [-0.3, -0.25) is 19.3 Å². The summed E-state index contributed by atoms with van der Waals surface area (Å²) in [6, 6.07) is 0. The van der Waals surface area contributed by atoms with Crippen molar-refractivity contribution in [3.63, 3.8) is 0 Å². The number of aryl methyl sites for hydroxylation is 2. The number of carbonyl (C=O) groups is 1. The Morgan fingerprint density at radius 2 is 2.18 bits per heavy atom. The first kappa shape index (κ1) is 15.0. The number of H-pyrrole nitrogens is 1. The topological polar surface area (TPSA) is 83.9 Å². The predicted molar refractivity (Wildman–Crippen MR) is 83.1 cm³/mol. The summed E-state index contributed by atoms with van der Waals surface area (Å²) in [5.74, 6) is 1.72. The highest BCUT2D eigenvalue weighted by Crippen LogP contribution is 2.24. The quantitative estimate of drug-likeness (QED) is 0.913. The van der Waals surface area contributed by atoms with E-state index in [2.05, 4.69) is 15.2 Å². The monoisotopic (exact) mass is 321 g/mol. The van der Waals surface area contributed by atoms with Gasteiger partial charge in [-0.2, -0.15) is 5.10 Å². The summed E-state index contributed by atoms with van der Waals surface area (Å²) in [7, 11) is 0. The van der Waals surface area contributed by atoms with Crippen LogP contribution in [-0.2, 0) is 11.3 Å². The minimum absolute atomic E-state index is 0.0160. The molecule has 1 aliphatic rings. The van der Waals surface area contributed by atoms with Crippen LogP contribution in [0.4, 0.5) is 0 Å². The average Bonchev–Trinajstić information content (AvgIpc) is 3.16. The number of nitrogens with zero attached hydrogens (tertiary/aromatic N) is 4. The molecule has 118 valence electrons. The van der Waals surface area contributed by atoms with Gasteiger partial charge in [0, 0.05) is 29.6 Å². The fraction of sp³-hybridized carbons (Fsp3) is 0.571. The van der Waals surface area contributed by atoms with Crippen LogP contribution < -0.4 is 4.87 Å². The van der Waals surface area contributed by atoms with E-state index in [0.717, 1.165) is 28.6 Å². The molecule has 1 N–H and O–H groups in total. The standard InChI is InChI=1S/C14H19N5O2S/c1-8-9(2)22-14(21)19(8)7-12(20)18-5-4-11(6-18)13-15-10(3)16-17-13/h11H,4-7H2,1-3H3,(H,15,16,17). The summed E-state index contributed by atoms with van der Waals surface area (Å²) in [4.78, 5) is 31.4. The van der Waals surface area contributed by atoms with Crippen LogP contribution >= 0.6 is 11.3 Å². The highest BCUT2D eigenvalue weighted by Gasteiger charge is 2.30. The van der Waals surface area contributed by atoms with Crippen LogP contribution in [0.5, 0.6) is 0 Å². The number of aromatic nitrogens is 4. The van der Waals surface area contributed by atoms with Crippen molar-refractivity contribution in [1.82, 2.24) is 24.6 Å². The SMILES string of the molecule is Cc1nc(C2CCN(C(=O)Cn3c(C)c(C)sc3=O)C2)n[nH]1. The number of hydrogen-bond acceptors (Lipinski definition) is 5. The Hall–Kier alpha value is -1.96. The molecule has 3 rings (SSSR count). The van der Waals surface area contributed by atoms with E-state index in [4.69, 9.17) is 0 Å². The molecular weight excluding hydrogens is 302 g/mol. The van der Waals surface area contributed by atoms with Crippen molar-refractivity contribution >= 4 is 17.2 Å². The van der Waals surface area contributed by atoms with E-state index in [9.17, 15) is 9.59 Å². The van der Waals surface area contributed by atoms with Crippen LogP contribution in [0.3, 0.4) is 0 Å². The lowest BCUT2D eigenvalue weighted by molar-refractivity contribution is -0.130. The zero-order chi connectivity index (χ0) is 15.9. The molecule has 1 unspecified atom stereocenters. The number of likely N-dealkylation sites (tertiary alicyclic amines) is 1. The van der Waals surface area contributed by atoms with Crippen molar-refractivity contribution in [2.24, 2.45) is 0 Å². The first-order valence-corrected chi connectivity index (χ1v) is 8.11. The van der Waals surface area contributed by atoms with Gasteiger partial charge >= 0.3 is 4.87 Å². The Morgan fingerprint density at radius 1 is 1.41 bits per heavy atom. The number of aromatic amines is 1. The first-order valence-electron chi connectivity index (χ1n) is 7.29. The number of rotatable bonds is 3. The Balaban J connectivity index is 1.68. The van der Waals surface area contributed by atoms with Crippen molar-refractivity contribution in [1.29, 1.82) is 0 Å². The number of carbonyl (C=O) groups excluding carboxylic acids is 1. The Morgan fingerprint density at radius 3 is 2.77 bits per heavy atom. The normalized spacial score (nSPS) is 18.1. The molecule has 1 fully saturated rings. The summed E-state index contributed by atoms with van der Waals surface area (Å²) < 4.78 is 1.56. The molecule has 1 saturated heterocycles. The van der Waals surface area contributed by atoms with Crippen LogP contribution in [0.1, 0.15) is 34.6 Å². The van der Waals surface area contributed by atoms with Crippen LogP contribution in [-0.4, -0.2) is 43.6 Å². The van der Waals surface area contributed by atoms with Gasteiger partial charge in [-0.05, 0) is 27.2 Å². The maximum Gasteiger partial charge on any atom is 0.308 e. The third kappa shape index (κ3) is 2.70. The predicted octanol–water partition coefficient (Wildman–Crippen LogP) is 0.969. The number of nitrogens with one attached hydrogen (secondary N) is 1. The second-order valence-corrected chi connectivity index (χ2v) is 6.87. The highest BCUT2D eigenvalue weighted by molar-refractivity contribution is 7.09. The van der Waals surface area contributed by atoms with E-state index in [-0.39, 0.29) is 23.2 Å². The van der Waals surface area contributed by atoms with E-state index in [1.54, 1.807) is 9.47 Å². The molecule has 0 bridgehead atoms. The van der Waals surface area contributed by atoms with Gasteiger partial charge in [-0.25, -0.2) is 4.98 Å². The van der Waals surface area contributed by atoms with E-state index in [1.807, 2.05) is 20.8 Å². The Labute approximate surface area is 132 Å². The zero-order valence-electron chi connectivity index (χ0n) is 12.9. The summed E-state index contributed by atoms with van der Waals surface area (Å²) in [5.41, 5.74) is 0.878. The van der Waals surface area contributed by atoms with Gasteiger partial charge in [-0.15, -0.1) is 0 Å². The van der Waals surface area contributed by atoms with Crippen LogP contribution in [0.25, 0.3) is 0 Å². The van der Waals surface area contributed by atoms with Crippen molar-refractivity contribution in [3.05, 3.63) is 31.9 Å². The first-order chi connectivity index (χ1) is 10.5. The highest BCUT2D eigenvalue weighted by atomic mass is 32.1. The van der Waals surface area contributed by atoms with E-state index in [1.165, 1.54) is 11.3 Å². The lowest BCUT2D eigenvalue weighted by Crippen LogP contribution is -2.34. The van der Waals surface area contributed by atoms with Gasteiger partial charge in [0.25, 0.3) is 0 Å². The van der Waals surface area contributed by atoms with Gasteiger partial charge in [0.05, 0.1) is 0 Å². The zero-order valence-corrected chi connectivity index (χ0v) is 13.7. The average molecular weight is 321 g/mol. The summed E-state index contributed by atoms with van der Waals surface area (Å²) >= 11 is 1.19. The molecule has 0 aromatic carbocycles.